The molecule has 8 heteroatoms. The van der Waals surface area contributed by atoms with E-state index in [0.29, 0.717) is 34.4 Å². The fourth-order valence-electron chi connectivity index (χ4n) is 4.03. The van der Waals surface area contributed by atoms with Crippen molar-refractivity contribution in [2.75, 3.05) is 33.3 Å². The molecule has 1 heterocycles. The molecule has 8 nitrogen and oxygen atoms in total. The summed E-state index contributed by atoms with van der Waals surface area (Å²) in [5, 5.41) is 0. The molecule has 1 aliphatic heterocycles. The number of nitrogens with zero attached hydrogens (tertiary/aromatic N) is 1. The van der Waals surface area contributed by atoms with Crippen molar-refractivity contribution in [2.24, 2.45) is 11.8 Å². The first-order chi connectivity index (χ1) is 15.4. The van der Waals surface area contributed by atoms with Gasteiger partial charge in [0.1, 0.15) is 0 Å². The molecule has 0 radical (unpaired) electrons. The van der Waals surface area contributed by atoms with Crippen LogP contribution in [0.4, 0.5) is 5.69 Å². The first kappa shape index (κ1) is 21.8. The van der Waals surface area contributed by atoms with Crippen molar-refractivity contribution in [3.63, 3.8) is 0 Å². The van der Waals surface area contributed by atoms with E-state index in [9.17, 15) is 9.59 Å². The predicted octanol–water partition coefficient (Wildman–Crippen LogP) is 3.76. The Balaban J connectivity index is 1.71. The number of carbonyl (C=O) groups is 2. The third-order valence-electron chi connectivity index (χ3n) is 5.96. The molecule has 0 N–H and O–H groups in total. The van der Waals surface area contributed by atoms with Gasteiger partial charge in [-0.15, -0.1) is 0 Å². The van der Waals surface area contributed by atoms with Gasteiger partial charge in [0.25, 0.3) is 0 Å². The van der Waals surface area contributed by atoms with E-state index in [-0.39, 0.29) is 29.8 Å². The summed E-state index contributed by atoms with van der Waals surface area (Å²) >= 11 is 0. The highest BCUT2D eigenvalue weighted by Crippen LogP contribution is 2.49. The van der Waals surface area contributed by atoms with E-state index in [0.717, 1.165) is 18.4 Å². The highest BCUT2D eigenvalue weighted by molar-refractivity contribution is 6.03. The molecule has 2 fully saturated rings. The molecule has 4 rings (SSSR count). The van der Waals surface area contributed by atoms with E-state index in [2.05, 4.69) is 0 Å². The Labute approximate surface area is 187 Å². The average molecular weight is 441 g/mol. The largest absolute Gasteiger partial charge is 0.493 e. The molecule has 2 aromatic carbocycles. The van der Waals surface area contributed by atoms with Gasteiger partial charge >= 0.3 is 5.97 Å². The normalized spacial score (nSPS) is 19.8. The summed E-state index contributed by atoms with van der Waals surface area (Å²) < 4.78 is 27.3. The summed E-state index contributed by atoms with van der Waals surface area (Å²) in [6.07, 6.45) is 1.70. The molecule has 32 heavy (non-hydrogen) atoms. The van der Waals surface area contributed by atoms with Crippen LogP contribution in [0.2, 0.25) is 0 Å². The fourth-order valence-corrected chi connectivity index (χ4v) is 4.03. The van der Waals surface area contributed by atoms with E-state index in [1.54, 1.807) is 29.2 Å². The highest BCUT2D eigenvalue weighted by Gasteiger charge is 2.46. The number of rotatable bonds is 8. The molecule has 0 bridgehead atoms. The Morgan fingerprint density at radius 3 is 2.03 bits per heavy atom. The van der Waals surface area contributed by atoms with Gasteiger partial charge in [0.15, 0.2) is 23.0 Å². The number of anilines is 1. The van der Waals surface area contributed by atoms with E-state index < -0.39 is 0 Å². The first-order valence-electron chi connectivity index (χ1n) is 10.5. The van der Waals surface area contributed by atoms with Gasteiger partial charge < -0.3 is 28.6 Å². The van der Waals surface area contributed by atoms with Gasteiger partial charge in [-0.2, -0.15) is 0 Å². The van der Waals surface area contributed by atoms with E-state index >= 15 is 0 Å². The molecule has 170 valence electrons. The topological polar surface area (TPSA) is 83.5 Å². The number of esters is 1. The average Bonchev–Trinajstić information content (AvgIpc) is 3.66. The van der Waals surface area contributed by atoms with Crippen molar-refractivity contribution in [2.45, 2.75) is 25.8 Å². The molecular formula is C24H27NO7. The van der Waals surface area contributed by atoms with Crippen LogP contribution in [0.25, 0.3) is 0 Å². The summed E-state index contributed by atoms with van der Waals surface area (Å²) in [5.74, 6) is 1.63. The SMILES string of the molecule is COc1ccc([C@H]2C(C)C(=O)N2c2cc(OC)c(OC)c(OC)c2)cc1OC(=O)C1CC1. The first-order valence-corrected chi connectivity index (χ1v) is 10.5. The maximum Gasteiger partial charge on any atom is 0.314 e. The minimum atomic E-state index is -0.255. The maximum absolute atomic E-state index is 12.9. The second-order valence-corrected chi connectivity index (χ2v) is 7.93. The lowest BCUT2D eigenvalue weighted by molar-refractivity contribution is -0.136. The highest BCUT2D eigenvalue weighted by atomic mass is 16.6. The van der Waals surface area contributed by atoms with Gasteiger partial charge in [-0.25, -0.2) is 0 Å². The molecule has 1 saturated heterocycles. The van der Waals surface area contributed by atoms with Crippen molar-refractivity contribution >= 4 is 17.6 Å². The van der Waals surface area contributed by atoms with Crippen LogP contribution in [-0.2, 0) is 9.59 Å². The van der Waals surface area contributed by atoms with Crippen LogP contribution in [0, 0.1) is 11.8 Å². The Bertz CT molecular complexity index is 1020. The molecule has 2 aliphatic rings. The second-order valence-electron chi connectivity index (χ2n) is 7.93. The predicted molar refractivity (Wildman–Crippen MR) is 117 cm³/mol. The molecule has 1 aliphatic carbocycles. The quantitative estimate of drug-likeness (QED) is 0.350. The fraction of sp³-hybridized carbons (Fsp3) is 0.417. The molecule has 0 spiro atoms. The molecule has 0 aromatic heterocycles. The lowest BCUT2D eigenvalue weighted by Gasteiger charge is -2.46. The zero-order chi connectivity index (χ0) is 23.0. The summed E-state index contributed by atoms with van der Waals surface area (Å²) in [6, 6.07) is 8.65. The molecule has 1 amide bonds. The summed E-state index contributed by atoms with van der Waals surface area (Å²) in [4.78, 5) is 26.8. The number of β-lactam (4-membered cyclic amide) rings is 1. The Hall–Kier alpha value is -3.42. The Morgan fingerprint density at radius 2 is 1.50 bits per heavy atom. The minimum Gasteiger partial charge on any atom is -0.493 e. The van der Waals surface area contributed by atoms with Gasteiger partial charge in [0, 0.05) is 12.1 Å². The van der Waals surface area contributed by atoms with Gasteiger partial charge in [-0.1, -0.05) is 13.0 Å². The van der Waals surface area contributed by atoms with Gasteiger partial charge in [0.2, 0.25) is 11.7 Å². The number of hydrogen-bond acceptors (Lipinski definition) is 7. The number of benzene rings is 2. The molecule has 1 saturated carbocycles. The Morgan fingerprint density at radius 1 is 0.875 bits per heavy atom. The lowest BCUT2D eigenvalue weighted by Crippen LogP contribution is -2.54. The van der Waals surface area contributed by atoms with Crippen LogP contribution >= 0.6 is 0 Å². The van der Waals surface area contributed by atoms with Gasteiger partial charge in [-0.05, 0) is 30.5 Å². The molecule has 2 aromatic rings. The Kier molecular flexibility index (Phi) is 5.86. The van der Waals surface area contributed by atoms with Crippen LogP contribution in [0.5, 0.6) is 28.7 Å². The van der Waals surface area contributed by atoms with Crippen molar-refractivity contribution in [1.29, 1.82) is 0 Å². The zero-order valence-electron chi connectivity index (χ0n) is 18.8. The molecular weight excluding hydrogens is 414 g/mol. The van der Waals surface area contributed by atoms with Crippen LogP contribution in [0.3, 0.4) is 0 Å². The number of methoxy groups -OCH3 is 4. The van der Waals surface area contributed by atoms with Crippen molar-refractivity contribution in [3.8, 4) is 28.7 Å². The zero-order valence-corrected chi connectivity index (χ0v) is 18.8. The number of ether oxygens (including phenoxy) is 5. The lowest BCUT2D eigenvalue weighted by atomic mass is 9.83. The van der Waals surface area contributed by atoms with Crippen molar-refractivity contribution in [3.05, 3.63) is 35.9 Å². The van der Waals surface area contributed by atoms with Crippen molar-refractivity contribution < 1.29 is 33.3 Å². The number of amides is 1. The number of hydrogen-bond donors (Lipinski definition) is 0. The van der Waals surface area contributed by atoms with Gasteiger partial charge in [0.05, 0.1) is 52.0 Å². The molecule has 1 unspecified atom stereocenters. The summed E-state index contributed by atoms with van der Waals surface area (Å²) in [6.45, 7) is 1.88. The summed E-state index contributed by atoms with van der Waals surface area (Å²) in [7, 11) is 6.12. The number of carbonyl (C=O) groups excluding carboxylic acids is 2. The minimum absolute atomic E-state index is 0.0309. The summed E-state index contributed by atoms with van der Waals surface area (Å²) in [5.41, 5.74) is 1.46. The third kappa shape index (κ3) is 3.70. The van der Waals surface area contributed by atoms with E-state index in [1.807, 2.05) is 13.0 Å². The van der Waals surface area contributed by atoms with Crippen LogP contribution < -0.4 is 28.6 Å². The molecule has 2 atom stereocenters. The van der Waals surface area contributed by atoms with Gasteiger partial charge in [-0.3, -0.25) is 9.59 Å². The van der Waals surface area contributed by atoms with Crippen LogP contribution in [-0.4, -0.2) is 40.3 Å². The standard InChI is InChI=1S/C24H27NO7/c1-13-21(15-8-9-17(28-2)18(10-15)32-24(27)14-6-7-14)25(23(13)26)16-11-19(29-3)22(31-5)20(12-16)30-4/h8-14,21H,6-7H2,1-5H3/t13?,21-/m1/s1. The van der Waals surface area contributed by atoms with E-state index in [4.69, 9.17) is 23.7 Å². The van der Waals surface area contributed by atoms with Crippen LogP contribution in [0.15, 0.2) is 30.3 Å². The van der Waals surface area contributed by atoms with E-state index in [1.165, 1.54) is 28.4 Å². The van der Waals surface area contributed by atoms with Crippen molar-refractivity contribution in [1.82, 2.24) is 0 Å². The monoisotopic (exact) mass is 441 g/mol. The second kappa shape index (κ2) is 8.61. The van der Waals surface area contributed by atoms with Crippen LogP contribution in [0.1, 0.15) is 31.4 Å². The maximum atomic E-state index is 12.9. The smallest absolute Gasteiger partial charge is 0.314 e. The third-order valence-corrected chi connectivity index (χ3v) is 5.96.